The summed E-state index contributed by atoms with van der Waals surface area (Å²) in [7, 11) is 0. The number of hydrogen-bond acceptors (Lipinski definition) is 1. The van der Waals surface area contributed by atoms with E-state index < -0.39 is 0 Å². The molecule has 1 aliphatic rings. The van der Waals surface area contributed by atoms with Gasteiger partial charge >= 0.3 is 0 Å². The highest BCUT2D eigenvalue weighted by atomic mass is 35.5. The lowest BCUT2D eigenvalue weighted by Crippen LogP contribution is -2.17. The van der Waals surface area contributed by atoms with Gasteiger partial charge in [0, 0.05) is 5.38 Å². The molecular formula is C14H19ClO. The van der Waals surface area contributed by atoms with Crippen LogP contribution in [0.4, 0.5) is 0 Å². The van der Waals surface area contributed by atoms with Crippen molar-refractivity contribution < 1.29 is 4.74 Å². The van der Waals surface area contributed by atoms with Crippen LogP contribution in [0.25, 0.3) is 0 Å². The van der Waals surface area contributed by atoms with E-state index in [-0.39, 0.29) is 5.41 Å². The van der Waals surface area contributed by atoms with Crippen LogP contribution in [0, 0.1) is 0 Å². The zero-order valence-electron chi connectivity index (χ0n) is 10.0. The number of ether oxygens (including phenoxy) is 1. The van der Waals surface area contributed by atoms with Gasteiger partial charge in [-0.2, -0.15) is 0 Å². The van der Waals surface area contributed by atoms with Crippen LogP contribution in [0.15, 0.2) is 24.3 Å². The first-order valence-corrected chi connectivity index (χ1v) is 6.45. The minimum absolute atomic E-state index is 0.236. The third-order valence-electron chi connectivity index (χ3n) is 3.52. The molecule has 1 nitrogen and oxygen atoms in total. The Morgan fingerprint density at radius 3 is 2.94 bits per heavy atom. The molecule has 0 amide bonds. The quantitative estimate of drug-likeness (QED) is 0.720. The van der Waals surface area contributed by atoms with Crippen molar-refractivity contribution in [3.8, 4) is 5.75 Å². The summed E-state index contributed by atoms with van der Waals surface area (Å²) >= 11 is 6.22. The molecule has 16 heavy (non-hydrogen) atoms. The second-order valence-electron chi connectivity index (χ2n) is 4.86. The van der Waals surface area contributed by atoms with E-state index in [1.165, 1.54) is 12.0 Å². The van der Waals surface area contributed by atoms with E-state index in [1.807, 2.05) is 13.0 Å². The lowest BCUT2D eigenvalue weighted by atomic mass is 9.81. The van der Waals surface area contributed by atoms with Gasteiger partial charge < -0.3 is 4.74 Å². The first kappa shape index (κ1) is 11.8. The van der Waals surface area contributed by atoms with Crippen molar-refractivity contribution in [1.29, 1.82) is 0 Å². The highest BCUT2D eigenvalue weighted by Gasteiger charge is 2.35. The molecule has 1 aromatic rings. The van der Waals surface area contributed by atoms with Gasteiger partial charge in [-0.05, 0) is 49.3 Å². The molecule has 0 radical (unpaired) electrons. The average Bonchev–Trinajstić information content (AvgIpc) is 2.61. The molecule has 1 aromatic carbocycles. The van der Waals surface area contributed by atoms with Crippen LogP contribution in [-0.2, 0) is 5.41 Å². The Hall–Kier alpha value is -0.690. The van der Waals surface area contributed by atoms with Gasteiger partial charge in [-0.15, -0.1) is 11.6 Å². The van der Waals surface area contributed by atoms with Crippen molar-refractivity contribution in [2.45, 2.75) is 43.9 Å². The fourth-order valence-electron chi connectivity index (χ4n) is 2.56. The van der Waals surface area contributed by atoms with Gasteiger partial charge in [0.2, 0.25) is 0 Å². The summed E-state index contributed by atoms with van der Waals surface area (Å²) in [6.45, 7) is 5.04. The van der Waals surface area contributed by atoms with E-state index in [9.17, 15) is 0 Å². The smallest absolute Gasteiger partial charge is 0.119 e. The summed E-state index contributed by atoms with van der Waals surface area (Å²) in [5, 5.41) is 0.334. The Balaban J connectivity index is 2.22. The molecule has 0 aromatic heterocycles. The van der Waals surface area contributed by atoms with E-state index in [0.29, 0.717) is 5.38 Å². The zero-order chi connectivity index (χ0) is 11.6. The van der Waals surface area contributed by atoms with E-state index in [1.54, 1.807) is 0 Å². The van der Waals surface area contributed by atoms with E-state index >= 15 is 0 Å². The average molecular weight is 239 g/mol. The molecule has 0 spiro atoms. The molecule has 0 aliphatic heterocycles. The molecule has 0 bridgehead atoms. The summed E-state index contributed by atoms with van der Waals surface area (Å²) < 4.78 is 5.54. The van der Waals surface area contributed by atoms with Crippen LogP contribution < -0.4 is 4.74 Å². The summed E-state index contributed by atoms with van der Waals surface area (Å²) in [5.74, 6) is 0.972. The van der Waals surface area contributed by atoms with Gasteiger partial charge in [0.15, 0.2) is 0 Å². The predicted octanol–water partition coefficient (Wildman–Crippen LogP) is 4.13. The molecule has 2 unspecified atom stereocenters. The third-order valence-corrected chi connectivity index (χ3v) is 3.90. The van der Waals surface area contributed by atoms with E-state index in [4.69, 9.17) is 16.3 Å². The van der Waals surface area contributed by atoms with E-state index in [0.717, 1.165) is 25.2 Å². The van der Waals surface area contributed by atoms with Crippen LogP contribution >= 0.6 is 11.6 Å². The molecule has 0 saturated heterocycles. The van der Waals surface area contributed by atoms with Crippen LogP contribution in [0.3, 0.4) is 0 Å². The Morgan fingerprint density at radius 1 is 1.50 bits per heavy atom. The summed E-state index contributed by atoms with van der Waals surface area (Å²) in [6.07, 6.45) is 3.37. The lowest BCUT2D eigenvalue weighted by Gasteiger charge is -2.24. The summed E-state index contributed by atoms with van der Waals surface area (Å²) in [5.41, 5.74) is 1.60. The largest absolute Gasteiger partial charge is 0.494 e. The number of hydrogen-bond donors (Lipinski definition) is 0. The first-order chi connectivity index (χ1) is 7.64. The molecule has 1 saturated carbocycles. The summed E-state index contributed by atoms with van der Waals surface area (Å²) in [4.78, 5) is 0. The van der Waals surface area contributed by atoms with Gasteiger partial charge in [0.05, 0.1) is 6.61 Å². The van der Waals surface area contributed by atoms with Crippen molar-refractivity contribution in [2.24, 2.45) is 0 Å². The molecule has 2 atom stereocenters. The normalized spacial score (nSPS) is 29.3. The number of benzene rings is 1. The topological polar surface area (TPSA) is 9.23 Å². The second kappa shape index (κ2) is 4.67. The SMILES string of the molecule is CCOc1cccc(C2(C)CCC(Cl)C2)c1. The molecule has 1 aliphatic carbocycles. The molecule has 2 heteroatoms. The minimum Gasteiger partial charge on any atom is -0.494 e. The minimum atomic E-state index is 0.236. The van der Waals surface area contributed by atoms with Gasteiger partial charge in [0.25, 0.3) is 0 Å². The molecule has 0 heterocycles. The van der Waals surface area contributed by atoms with Gasteiger partial charge in [-0.25, -0.2) is 0 Å². The molecular weight excluding hydrogens is 220 g/mol. The monoisotopic (exact) mass is 238 g/mol. The zero-order valence-corrected chi connectivity index (χ0v) is 10.8. The summed E-state index contributed by atoms with van der Waals surface area (Å²) in [6, 6.07) is 8.45. The standard InChI is InChI=1S/C14H19ClO/c1-3-16-13-6-4-5-11(9-13)14(2)8-7-12(15)10-14/h4-6,9,12H,3,7-8,10H2,1-2H3. The molecule has 0 N–H and O–H groups in total. The third kappa shape index (κ3) is 2.35. The second-order valence-corrected chi connectivity index (χ2v) is 5.48. The van der Waals surface area contributed by atoms with Crippen molar-refractivity contribution in [2.75, 3.05) is 6.61 Å². The fraction of sp³-hybridized carbons (Fsp3) is 0.571. The Kier molecular flexibility index (Phi) is 3.44. The Morgan fingerprint density at radius 2 is 2.31 bits per heavy atom. The van der Waals surface area contributed by atoms with Crippen LogP contribution in [0.2, 0.25) is 0 Å². The van der Waals surface area contributed by atoms with Crippen molar-refractivity contribution in [1.82, 2.24) is 0 Å². The Bertz CT molecular complexity index is 364. The van der Waals surface area contributed by atoms with Crippen molar-refractivity contribution in [3.63, 3.8) is 0 Å². The Labute approximate surface area is 103 Å². The highest BCUT2D eigenvalue weighted by molar-refractivity contribution is 6.20. The van der Waals surface area contributed by atoms with Crippen LogP contribution in [0.5, 0.6) is 5.75 Å². The molecule has 2 rings (SSSR count). The maximum Gasteiger partial charge on any atom is 0.119 e. The highest BCUT2D eigenvalue weighted by Crippen LogP contribution is 2.43. The number of alkyl halides is 1. The van der Waals surface area contributed by atoms with Crippen molar-refractivity contribution in [3.05, 3.63) is 29.8 Å². The maximum atomic E-state index is 6.22. The number of rotatable bonds is 3. The molecule has 1 fully saturated rings. The lowest BCUT2D eigenvalue weighted by molar-refractivity contribution is 0.338. The van der Waals surface area contributed by atoms with Gasteiger partial charge in [-0.3, -0.25) is 0 Å². The van der Waals surface area contributed by atoms with Gasteiger partial charge in [-0.1, -0.05) is 19.1 Å². The predicted molar refractivity (Wildman–Crippen MR) is 68.5 cm³/mol. The molecule has 88 valence electrons. The fourth-order valence-corrected chi connectivity index (χ4v) is 3.01. The van der Waals surface area contributed by atoms with Crippen molar-refractivity contribution >= 4 is 11.6 Å². The first-order valence-electron chi connectivity index (χ1n) is 6.01. The number of halogens is 1. The van der Waals surface area contributed by atoms with Crippen LogP contribution in [-0.4, -0.2) is 12.0 Å². The maximum absolute atomic E-state index is 6.22. The van der Waals surface area contributed by atoms with E-state index in [2.05, 4.69) is 25.1 Å². The van der Waals surface area contributed by atoms with Crippen LogP contribution in [0.1, 0.15) is 38.7 Å². The van der Waals surface area contributed by atoms with Gasteiger partial charge in [0.1, 0.15) is 5.75 Å².